The van der Waals surface area contributed by atoms with Crippen LogP contribution < -0.4 is 0 Å². The predicted octanol–water partition coefficient (Wildman–Crippen LogP) is 1.77. The molecule has 0 atom stereocenters. The van der Waals surface area contributed by atoms with Gasteiger partial charge in [-0.3, -0.25) is 9.48 Å². The maximum Gasteiger partial charge on any atom is 0.263 e. The van der Waals surface area contributed by atoms with Crippen LogP contribution in [0.15, 0.2) is 24.5 Å². The summed E-state index contributed by atoms with van der Waals surface area (Å²) in [4.78, 5) is 14.6. The second-order valence-corrected chi connectivity index (χ2v) is 6.02. The van der Waals surface area contributed by atoms with Gasteiger partial charge in [-0.15, -0.1) is 16.4 Å². The van der Waals surface area contributed by atoms with Gasteiger partial charge in [-0.1, -0.05) is 16.8 Å². The van der Waals surface area contributed by atoms with Crippen molar-refractivity contribution in [2.75, 3.05) is 13.1 Å². The predicted molar refractivity (Wildman–Crippen MR) is 68.7 cm³/mol. The molecule has 0 bridgehead atoms. The number of nitrogens with zero attached hydrogens (tertiary/aromatic N) is 4. The molecule has 0 N–H and O–H groups in total. The zero-order valence-electron chi connectivity index (χ0n) is 9.49. The molecule has 94 valence electrons. The van der Waals surface area contributed by atoms with Gasteiger partial charge in [0.2, 0.25) is 0 Å². The molecule has 0 aliphatic carbocycles. The molecule has 0 unspecified atom stereocenters. The third-order valence-electron chi connectivity index (χ3n) is 2.95. The summed E-state index contributed by atoms with van der Waals surface area (Å²) in [5.74, 6) is 0.535. The van der Waals surface area contributed by atoms with Gasteiger partial charge in [0.15, 0.2) is 0 Å². The van der Waals surface area contributed by atoms with Gasteiger partial charge in [0.05, 0.1) is 15.4 Å². The first-order valence-corrected chi connectivity index (χ1v) is 6.80. The third-order valence-corrected chi connectivity index (χ3v) is 4.16. The van der Waals surface area contributed by atoms with Crippen molar-refractivity contribution in [2.24, 2.45) is 5.92 Å². The zero-order chi connectivity index (χ0) is 12.5. The minimum Gasteiger partial charge on any atom is -0.337 e. The molecule has 1 saturated heterocycles. The summed E-state index contributed by atoms with van der Waals surface area (Å²) < 4.78 is 2.45. The van der Waals surface area contributed by atoms with Crippen LogP contribution in [0.25, 0.3) is 0 Å². The lowest BCUT2D eigenvalue weighted by Gasteiger charge is -2.38. The Morgan fingerprint density at radius 3 is 2.94 bits per heavy atom. The molecule has 1 fully saturated rings. The maximum absolute atomic E-state index is 12.0. The van der Waals surface area contributed by atoms with E-state index in [2.05, 4.69) is 10.3 Å². The molecule has 3 heterocycles. The van der Waals surface area contributed by atoms with Crippen molar-refractivity contribution in [3.05, 3.63) is 33.7 Å². The van der Waals surface area contributed by atoms with Crippen molar-refractivity contribution >= 4 is 28.8 Å². The first-order chi connectivity index (χ1) is 8.72. The summed E-state index contributed by atoms with van der Waals surface area (Å²) in [7, 11) is 0. The first-order valence-electron chi connectivity index (χ1n) is 5.61. The largest absolute Gasteiger partial charge is 0.337 e. The van der Waals surface area contributed by atoms with Gasteiger partial charge in [-0.2, -0.15) is 0 Å². The number of likely N-dealkylation sites (tertiary alicyclic amines) is 1. The van der Waals surface area contributed by atoms with E-state index >= 15 is 0 Å². The van der Waals surface area contributed by atoms with Crippen LogP contribution in [0.3, 0.4) is 0 Å². The monoisotopic (exact) mass is 282 g/mol. The van der Waals surface area contributed by atoms with Gasteiger partial charge in [-0.25, -0.2) is 0 Å². The van der Waals surface area contributed by atoms with E-state index in [9.17, 15) is 4.79 Å². The van der Waals surface area contributed by atoms with Crippen LogP contribution in [0.5, 0.6) is 0 Å². The third kappa shape index (κ3) is 2.26. The standard InChI is InChI=1S/C11H11ClN4OS/c12-10-2-1-9(18-10)11(17)15-5-8(6-15)7-16-4-3-13-14-16/h1-4,8H,5-7H2. The molecule has 0 aromatic carbocycles. The Morgan fingerprint density at radius 2 is 2.33 bits per heavy atom. The molecule has 0 radical (unpaired) electrons. The van der Waals surface area contributed by atoms with E-state index in [0.717, 1.165) is 19.6 Å². The average molecular weight is 283 g/mol. The van der Waals surface area contributed by atoms with Crippen molar-refractivity contribution in [3.63, 3.8) is 0 Å². The van der Waals surface area contributed by atoms with Gasteiger partial charge in [-0.05, 0) is 12.1 Å². The number of hydrogen-bond acceptors (Lipinski definition) is 4. The van der Waals surface area contributed by atoms with Crippen LogP contribution in [-0.2, 0) is 6.54 Å². The number of hydrogen-bond donors (Lipinski definition) is 0. The van der Waals surface area contributed by atoms with Gasteiger partial charge in [0.25, 0.3) is 5.91 Å². The summed E-state index contributed by atoms with van der Waals surface area (Å²) in [6.45, 7) is 2.36. The number of amides is 1. The van der Waals surface area contributed by atoms with Crippen LogP contribution in [0.4, 0.5) is 0 Å². The van der Waals surface area contributed by atoms with E-state index in [-0.39, 0.29) is 5.91 Å². The van der Waals surface area contributed by atoms with Crippen LogP contribution >= 0.6 is 22.9 Å². The number of thiophene rings is 1. The minimum absolute atomic E-state index is 0.0711. The molecule has 3 rings (SSSR count). The second-order valence-electron chi connectivity index (χ2n) is 4.31. The van der Waals surface area contributed by atoms with E-state index in [1.54, 1.807) is 23.0 Å². The molecule has 0 saturated carbocycles. The van der Waals surface area contributed by atoms with Crippen LogP contribution in [-0.4, -0.2) is 38.9 Å². The Bertz CT molecular complexity index is 547. The number of carbonyl (C=O) groups excluding carboxylic acids is 1. The Kier molecular flexibility index (Phi) is 3.05. The average Bonchev–Trinajstić information content (AvgIpc) is 2.93. The Hall–Kier alpha value is -1.40. The van der Waals surface area contributed by atoms with Crippen molar-refractivity contribution in [1.82, 2.24) is 19.9 Å². The smallest absolute Gasteiger partial charge is 0.263 e. The SMILES string of the molecule is O=C(c1ccc(Cl)s1)N1CC(Cn2ccnn2)C1. The first kappa shape index (κ1) is 11.7. The van der Waals surface area contributed by atoms with E-state index in [0.29, 0.717) is 15.1 Å². The highest BCUT2D eigenvalue weighted by Crippen LogP contribution is 2.26. The Labute approximate surface area is 113 Å². The summed E-state index contributed by atoms with van der Waals surface area (Å²) in [5.41, 5.74) is 0. The van der Waals surface area contributed by atoms with Gasteiger partial charge in [0.1, 0.15) is 0 Å². The molecule has 7 heteroatoms. The number of carbonyl (C=O) groups is 1. The summed E-state index contributed by atoms with van der Waals surface area (Å²) in [5, 5.41) is 7.67. The molecular weight excluding hydrogens is 272 g/mol. The molecule has 1 aliphatic heterocycles. The molecular formula is C11H11ClN4OS. The van der Waals surface area contributed by atoms with Crippen LogP contribution in [0.2, 0.25) is 4.34 Å². The highest BCUT2D eigenvalue weighted by molar-refractivity contribution is 7.17. The zero-order valence-corrected chi connectivity index (χ0v) is 11.1. The van der Waals surface area contributed by atoms with Gasteiger partial charge >= 0.3 is 0 Å². The summed E-state index contributed by atoms with van der Waals surface area (Å²) in [6, 6.07) is 3.53. The maximum atomic E-state index is 12.0. The summed E-state index contributed by atoms with van der Waals surface area (Å²) in [6.07, 6.45) is 3.50. The fraction of sp³-hybridized carbons (Fsp3) is 0.364. The lowest BCUT2D eigenvalue weighted by molar-refractivity contribution is 0.0465. The second kappa shape index (κ2) is 4.70. The molecule has 18 heavy (non-hydrogen) atoms. The van der Waals surface area contributed by atoms with Crippen LogP contribution in [0.1, 0.15) is 9.67 Å². The lowest BCUT2D eigenvalue weighted by Crippen LogP contribution is -2.51. The molecule has 0 spiro atoms. The summed E-state index contributed by atoms with van der Waals surface area (Å²) >= 11 is 7.15. The normalized spacial score (nSPS) is 15.7. The molecule has 2 aromatic heterocycles. The van der Waals surface area contributed by atoms with Gasteiger partial charge in [0, 0.05) is 31.7 Å². The topological polar surface area (TPSA) is 51.0 Å². The fourth-order valence-corrected chi connectivity index (χ4v) is 3.04. The molecule has 5 nitrogen and oxygen atoms in total. The number of halogens is 1. The van der Waals surface area contributed by atoms with Crippen molar-refractivity contribution in [3.8, 4) is 0 Å². The van der Waals surface area contributed by atoms with Crippen molar-refractivity contribution in [1.29, 1.82) is 0 Å². The van der Waals surface area contributed by atoms with Gasteiger partial charge < -0.3 is 4.90 Å². The Morgan fingerprint density at radius 1 is 1.50 bits per heavy atom. The van der Waals surface area contributed by atoms with E-state index < -0.39 is 0 Å². The van der Waals surface area contributed by atoms with Crippen molar-refractivity contribution < 1.29 is 4.79 Å². The molecule has 1 aliphatic rings. The number of aromatic nitrogens is 3. The minimum atomic E-state index is 0.0711. The highest BCUT2D eigenvalue weighted by Gasteiger charge is 2.32. The van der Waals surface area contributed by atoms with E-state index in [1.807, 2.05) is 11.1 Å². The van der Waals surface area contributed by atoms with Crippen LogP contribution in [0, 0.1) is 5.92 Å². The number of rotatable bonds is 3. The Balaban J connectivity index is 1.54. The highest BCUT2D eigenvalue weighted by atomic mass is 35.5. The van der Waals surface area contributed by atoms with Crippen molar-refractivity contribution in [2.45, 2.75) is 6.54 Å². The lowest BCUT2D eigenvalue weighted by atomic mass is 10.00. The molecule has 2 aromatic rings. The van der Waals surface area contributed by atoms with E-state index in [1.165, 1.54) is 11.3 Å². The fourth-order valence-electron chi connectivity index (χ4n) is 2.03. The quantitative estimate of drug-likeness (QED) is 0.862. The molecule has 1 amide bonds. The van der Waals surface area contributed by atoms with E-state index in [4.69, 9.17) is 11.6 Å².